The van der Waals surface area contributed by atoms with Crippen molar-refractivity contribution in [3.8, 4) is 11.4 Å². The zero-order valence-electron chi connectivity index (χ0n) is 10.8. The van der Waals surface area contributed by atoms with E-state index < -0.39 is 0 Å². The third-order valence-electron chi connectivity index (χ3n) is 3.67. The van der Waals surface area contributed by atoms with E-state index >= 15 is 0 Å². The third-order valence-corrected chi connectivity index (χ3v) is 3.67. The van der Waals surface area contributed by atoms with E-state index in [-0.39, 0.29) is 5.75 Å². The molecule has 0 saturated heterocycles. The summed E-state index contributed by atoms with van der Waals surface area (Å²) in [6.45, 7) is 0. The average molecular weight is 259 g/mol. The van der Waals surface area contributed by atoms with Gasteiger partial charge in [-0.3, -0.25) is 0 Å². The molecule has 1 aromatic heterocycles. The average Bonchev–Trinajstić information content (AvgIpc) is 2.81. The molecular formula is C18H13NO. The van der Waals surface area contributed by atoms with Crippen molar-refractivity contribution in [2.45, 2.75) is 0 Å². The topological polar surface area (TPSA) is 25.2 Å². The van der Waals surface area contributed by atoms with E-state index in [4.69, 9.17) is 0 Å². The minimum Gasteiger partial charge on any atom is -0.508 e. The van der Waals surface area contributed by atoms with Crippen LogP contribution < -0.4 is 0 Å². The zero-order chi connectivity index (χ0) is 13.5. The molecule has 3 aromatic carbocycles. The first kappa shape index (κ1) is 11.1. The van der Waals surface area contributed by atoms with Crippen LogP contribution in [0.15, 0.2) is 72.8 Å². The maximum atomic E-state index is 9.81. The lowest BCUT2D eigenvalue weighted by atomic mass is 10.1. The van der Waals surface area contributed by atoms with Crippen molar-refractivity contribution in [2.24, 2.45) is 0 Å². The van der Waals surface area contributed by atoms with E-state index in [2.05, 4.69) is 28.8 Å². The van der Waals surface area contributed by atoms with E-state index in [1.807, 2.05) is 42.5 Å². The largest absolute Gasteiger partial charge is 0.508 e. The highest BCUT2D eigenvalue weighted by Gasteiger charge is 2.11. The van der Waals surface area contributed by atoms with Crippen molar-refractivity contribution >= 4 is 21.8 Å². The maximum absolute atomic E-state index is 9.81. The number of hydrogen-bond donors (Lipinski definition) is 1. The Morgan fingerprint density at radius 2 is 1.35 bits per heavy atom. The van der Waals surface area contributed by atoms with Gasteiger partial charge in [0.1, 0.15) is 5.75 Å². The van der Waals surface area contributed by atoms with Crippen molar-refractivity contribution < 1.29 is 5.11 Å². The van der Waals surface area contributed by atoms with Crippen LogP contribution in [0.2, 0.25) is 0 Å². The van der Waals surface area contributed by atoms with Crippen LogP contribution in [0.1, 0.15) is 0 Å². The highest BCUT2D eigenvalue weighted by atomic mass is 16.3. The van der Waals surface area contributed by atoms with Gasteiger partial charge in [0.15, 0.2) is 0 Å². The lowest BCUT2D eigenvalue weighted by Crippen LogP contribution is -1.92. The Labute approximate surface area is 116 Å². The highest BCUT2D eigenvalue weighted by molar-refractivity contribution is 6.09. The van der Waals surface area contributed by atoms with E-state index in [0.29, 0.717) is 0 Å². The second-order valence-corrected chi connectivity index (χ2v) is 4.89. The molecule has 0 unspecified atom stereocenters. The quantitative estimate of drug-likeness (QED) is 0.535. The number of phenols is 1. The molecule has 0 fully saturated rings. The van der Waals surface area contributed by atoms with Crippen molar-refractivity contribution in [3.05, 3.63) is 72.8 Å². The van der Waals surface area contributed by atoms with Crippen LogP contribution in [0.3, 0.4) is 0 Å². The fourth-order valence-electron chi connectivity index (χ4n) is 2.81. The first-order chi connectivity index (χ1) is 9.84. The van der Waals surface area contributed by atoms with Crippen LogP contribution in [0.25, 0.3) is 27.5 Å². The van der Waals surface area contributed by atoms with E-state index in [1.54, 1.807) is 6.07 Å². The summed E-state index contributed by atoms with van der Waals surface area (Å²) in [6, 6.07) is 24.1. The van der Waals surface area contributed by atoms with Crippen molar-refractivity contribution in [2.75, 3.05) is 0 Å². The van der Waals surface area contributed by atoms with Crippen LogP contribution >= 0.6 is 0 Å². The molecule has 2 heteroatoms. The van der Waals surface area contributed by atoms with Crippen LogP contribution in [0.5, 0.6) is 5.75 Å². The fourth-order valence-corrected chi connectivity index (χ4v) is 2.81. The Balaban J connectivity index is 2.23. The molecule has 0 aliphatic rings. The summed E-state index contributed by atoms with van der Waals surface area (Å²) in [5.74, 6) is 0.289. The zero-order valence-corrected chi connectivity index (χ0v) is 10.8. The summed E-state index contributed by atoms with van der Waals surface area (Å²) >= 11 is 0. The lowest BCUT2D eigenvalue weighted by Gasteiger charge is -2.07. The number of fused-ring (bicyclic) bond motifs is 3. The molecule has 0 aliphatic heterocycles. The number of nitrogens with zero attached hydrogens (tertiary/aromatic N) is 1. The fraction of sp³-hybridized carbons (Fsp3) is 0. The van der Waals surface area contributed by atoms with Gasteiger partial charge >= 0.3 is 0 Å². The molecule has 0 amide bonds. The highest BCUT2D eigenvalue weighted by Crippen LogP contribution is 2.33. The second-order valence-electron chi connectivity index (χ2n) is 4.89. The van der Waals surface area contributed by atoms with Gasteiger partial charge in [-0.1, -0.05) is 36.4 Å². The Kier molecular flexibility index (Phi) is 2.30. The van der Waals surface area contributed by atoms with Gasteiger partial charge in [-0.05, 0) is 30.3 Å². The summed E-state index contributed by atoms with van der Waals surface area (Å²) in [5, 5.41) is 12.2. The van der Waals surface area contributed by atoms with Crippen LogP contribution in [-0.2, 0) is 0 Å². The van der Waals surface area contributed by atoms with E-state index in [0.717, 1.165) is 22.1 Å². The molecule has 0 spiro atoms. The van der Waals surface area contributed by atoms with Gasteiger partial charge in [-0.25, -0.2) is 0 Å². The monoisotopic (exact) mass is 259 g/mol. The van der Waals surface area contributed by atoms with Gasteiger partial charge in [0.25, 0.3) is 0 Å². The minimum absolute atomic E-state index is 0.289. The molecule has 0 aliphatic carbocycles. The smallest absolute Gasteiger partial charge is 0.117 e. The Morgan fingerprint density at radius 1 is 0.650 bits per heavy atom. The minimum atomic E-state index is 0.289. The van der Waals surface area contributed by atoms with Crippen molar-refractivity contribution in [3.63, 3.8) is 0 Å². The molecule has 0 atom stereocenters. The molecular weight excluding hydrogens is 246 g/mol. The summed E-state index contributed by atoms with van der Waals surface area (Å²) in [6.07, 6.45) is 0. The first-order valence-corrected chi connectivity index (χ1v) is 6.62. The normalized spacial score (nSPS) is 11.2. The number of para-hydroxylation sites is 2. The second kappa shape index (κ2) is 4.14. The number of rotatable bonds is 1. The van der Waals surface area contributed by atoms with Crippen LogP contribution in [0, 0.1) is 0 Å². The Hall–Kier alpha value is -2.74. The van der Waals surface area contributed by atoms with Gasteiger partial charge in [-0.2, -0.15) is 0 Å². The van der Waals surface area contributed by atoms with Crippen LogP contribution in [-0.4, -0.2) is 9.67 Å². The van der Waals surface area contributed by atoms with Gasteiger partial charge in [0.05, 0.1) is 11.0 Å². The number of benzene rings is 3. The van der Waals surface area contributed by atoms with Gasteiger partial charge in [0, 0.05) is 22.5 Å². The number of aromatic hydroxyl groups is 1. The van der Waals surface area contributed by atoms with Gasteiger partial charge in [-0.15, -0.1) is 0 Å². The van der Waals surface area contributed by atoms with E-state index in [9.17, 15) is 5.11 Å². The molecule has 0 saturated carbocycles. The Morgan fingerprint density at radius 3 is 2.20 bits per heavy atom. The molecule has 20 heavy (non-hydrogen) atoms. The summed E-state index contributed by atoms with van der Waals surface area (Å²) < 4.78 is 2.18. The predicted octanol–water partition coefficient (Wildman–Crippen LogP) is 4.49. The van der Waals surface area contributed by atoms with Gasteiger partial charge < -0.3 is 9.67 Å². The molecule has 4 rings (SSSR count). The Bertz CT molecular complexity index is 907. The molecule has 2 nitrogen and oxygen atoms in total. The molecule has 4 aromatic rings. The summed E-state index contributed by atoms with van der Waals surface area (Å²) in [4.78, 5) is 0. The molecule has 1 N–H and O–H groups in total. The SMILES string of the molecule is Oc1ccc2c3ccccc3n(-c3ccccc3)c2c1. The molecule has 0 bridgehead atoms. The van der Waals surface area contributed by atoms with Crippen LogP contribution in [0.4, 0.5) is 0 Å². The van der Waals surface area contributed by atoms with Gasteiger partial charge in [0.2, 0.25) is 0 Å². The van der Waals surface area contributed by atoms with Crippen molar-refractivity contribution in [1.29, 1.82) is 0 Å². The molecule has 0 radical (unpaired) electrons. The predicted molar refractivity (Wildman–Crippen MR) is 82.4 cm³/mol. The number of hydrogen-bond acceptors (Lipinski definition) is 1. The first-order valence-electron chi connectivity index (χ1n) is 6.62. The number of phenolic OH excluding ortho intramolecular Hbond substituents is 1. The maximum Gasteiger partial charge on any atom is 0.117 e. The summed E-state index contributed by atoms with van der Waals surface area (Å²) in [5.41, 5.74) is 3.28. The lowest BCUT2D eigenvalue weighted by molar-refractivity contribution is 0.476. The third kappa shape index (κ3) is 1.51. The molecule has 96 valence electrons. The number of aromatic nitrogens is 1. The standard InChI is InChI=1S/C18H13NO/c20-14-10-11-16-15-8-4-5-9-17(15)19(18(16)12-14)13-6-2-1-3-7-13/h1-12,20H. The summed E-state index contributed by atoms with van der Waals surface area (Å²) in [7, 11) is 0. The molecule has 1 heterocycles. The van der Waals surface area contributed by atoms with Crippen molar-refractivity contribution in [1.82, 2.24) is 4.57 Å². The van der Waals surface area contributed by atoms with E-state index in [1.165, 1.54) is 5.39 Å².